The van der Waals surface area contributed by atoms with Gasteiger partial charge >= 0.3 is 0 Å². The van der Waals surface area contributed by atoms with Crippen molar-refractivity contribution in [1.29, 1.82) is 0 Å². The fraction of sp³-hybridized carbons (Fsp3) is 0.143. The molecule has 1 aromatic heterocycles. The summed E-state index contributed by atoms with van der Waals surface area (Å²) in [5.41, 5.74) is 0.819. The van der Waals surface area contributed by atoms with Crippen molar-refractivity contribution in [1.82, 2.24) is 4.98 Å². The van der Waals surface area contributed by atoms with Crippen molar-refractivity contribution in [2.24, 2.45) is 0 Å². The molecule has 0 atom stereocenters. The fourth-order valence-corrected chi connectivity index (χ4v) is 1.75. The number of halogens is 2. The summed E-state index contributed by atoms with van der Waals surface area (Å²) in [6.07, 6.45) is 3.62. The first-order valence-electron chi connectivity index (χ1n) is 5.56. The lowest BCUT2D eigenvalue weighted by Gasteiger charge is -2.07. The van der Waals surface area contributed by atoms with Crippen molar-refractivity contribution in [2.45, 2.75) is 13.3 Å². The van der Waals surface area contributed by atoms with Crippen LogP contribution in [0.1, 0.15) is 28.4 Å². The van der Waals surface area contributed by atoms with Crippen LogP contribution in [0.25, 0.3) is 0 Å². The third-order valence-corrected chi connectivity index (χ3v) is 2.73. The molecule has 0 amide bonds. The first-order chi connectivity index (χ1) is 8.65. The van der Waals surface area contributed by atoms with Gasteiger partial charge in [-0.3, -0.25) is 9.78 Å². The minimum absolute atomic E-state index is 0.254. The van der Waals surface area contributed by atoms with Crippen molar-refractivity contribution >= 4 is 5.78 Å². The Bertz CT molecular complexity index is 596. The number of carbonyl (C=O) groups excluding carboxylic acids is 1. The van der Waals surface area contributed by atoms with Crippen molar-refractivity contribution in [3.05, 3.63) is 65.0 Å². The molecule has 92 valence electrons. The zero-order chi connectivity index (χ0) is 13.1. The van der Waals surface area contributed by atoms with Crippen LogP contribution < -0.4 is 0 Å². The highest BCUT2D eigenvalue weighted by molar-refractivity contribution is 6.10. The molecule has 2 rings (SSSR count). The molecule has 0 aliphatic carbocycles. The average molecular weight is 247 g/mol. The molecule has 2 nitrogen and oxygen atoms in total. The second-order valence-corrected chi connectivity index (χ2v) is 3.82. The second kappa shape index (κ2) is 5.04. The summed E-state index contributed by atoms with van der Waals surface area (Å²) in [4.78, 5) is 16.1. The van der Waals surface area contributed by atoms with Crippen molar-refractivity contribution < 1.29 is 13.6 Å². The third-order valence-electron chi connectivity index (χ3n) is 2.73. The first kappa shape index (κ1) is 12.4. The van der Waals surface area contributed by atoms with E-state index in [-0.39, 0.29) is 5.56 Å². The summed E-state index contributed by atoms with van der Waals surface area (Å²) >= 11 is 0. The average Bonchev–Trinajstić information content (AvgIpc) is 2.41. The van der Waals surface area contributed by atoms with Crippen LogP contribution in [0.5, 0.6) is 0 Å². The number of hydrogen-bond donors (Lipinski definition) is 0. The summed E-state index contributed by atoms with van der Waals surface area (Å²) in [7, 11) is 0. The van der Waals surface area contributed by atoms with E-state index < -0.39 is 17.4 Å². The van der Waals surface area contributed by atoms with Gasteiger partial charge in [-0.1, -0.05) is 13.0 Å². The van der Waals surface area contributed by atoms with E-state index in [1.807, 2.05) is 6.92 Å². The maximum Gasteiger partial charge on any atom is 0.196 e. The Morgan fingerprint density at radius 1 is 1.22 bits per heavy atom. The van der Waals surface area contributed by atoms with Gasteiger partial charge in [-0.25, -0.2) is 8.78 Å². The zero-order valence-electron chi connectivity index (χ0n) is 9.78. The van der Waals surface area contributed by atoms with Crippen LogP contribution in [0.15, 0.2) is 36.7 Å². The van der Waals surface area contributed by atoms with Crippen molar-refractivity contribution in [3.8, 4) is 0 Å². The van der Waals surface area contributed by atoms with Crippen LogP contribution in [0.4, 0.5) is 8.78 Å². The number of aromatic nitrogens is 1. The lowest BCUT2D eigenvalue weighted by atomic mass is 9.98. The molecular weight excluding hydrogens is 236 g/mol. The highest BCUT2D eigenvalue weighted by Gasteiger charge is 2.18. The van der Waals surface area contributed by atoms with E-state index in [1.54, 1.807) is 6.20 Å². The van der Waals surface area contributed by atoms with Crippen LogP contribution in [0.3, 0.4) is 0 Å². The summed E-state index contributed by atoms with van der Waals surface area (Å²) < 4.78 is 26.7. The number of ketones is 1. The predicted molar refractivity (Wildman–Crippen MR) is 63.4 cm³/mol. The van der Waals surface area contributed by atoms with E-state index in [0.29, 0.717) is 17.5 Å². The highest BCUT2D eigenvalue weighted by atomic mass is 19.2. The Morgan fingerprint density at radius 3 is 2.72 bits per heavy atom. The van der Waals surface area contributed by atoms with E-state index in [4.69, 9.17) is 0 Å². The molecular formula is C14H11F2NO. The van der Waals surface area contributed by atoms with Gasteiger partial charge in [0.2, 0.25) is 0 Å². The summed E-state index contributed by atoms with van der Waals surface area (Å²) in [5.74, 6) is -2.65. The number of nitrogens with zero attached hydrogens (tertiary/aromatic N) is 1. The highest BCUT2D eigenvalue weighted by Crippen LogP contribution is 2.18. The van der Waals surface area contributed by atoms with Gasteiger partial charge in [0.25, 0.3) is 0 Å². The maximum absolute atomic E-state index is 13.6. The molecule has 0 aliphatic rings. The van der Waals surface area contributed by atoms with Gasteiger partial charge in [0.05, 0.1) is 5.56 Å². The van der Waals surface area contributed by atoms with E-state index in [1.165, 1.54) is 24.4 Å². The van der Waals surface area contributed by atoms with Gasteiger partial charge in [-0.05, 0) is 30.2 Å². The van der Waals surface area contributed by atoms with E-state index >= 15 is 0 Å². The fourth-order valence-electron chi connectivity index (χ4n) is 1.75. The smallest absolute Gasteiger partial charge is 0.196 e. The number of carbonyl (C=O) groups is 1. The molecule has 0 radical (unpaired) electrons. The van der Waals surface area contributed by atoms with Crippen LogP contribution in [-0.2, 0) is 6.42 Å². The lowest BCUT2D eigenvalue weighted by Crippen LogP contribution is -2.08. The molecule has 18 heavy (non-hydrogen) atoms. The van der Waals surface area contributed by atoms with Crippen LogP contribution in [0, 0.1) is 11.6 Å². The quantitative estimate of drug-likeness (QED) is 0.780. The molecule has 0 aliphatic heterocycles. The van der Waals surface area contributed by atoms with Gasteiger partial charge in [0, 0.05) is 18.0 Å². The summed E-state index contributed by atoms with van der Waals surface area (Å²) in [5, 5.41) is 0. The Labute approximate surface area is 103 Å². The molecule has 1 aromatic carbocycles. The normalized spacial score (nSPS) is 10.4. The Balaban J connectivity index is 2.52. The Hall–Kier alpha value is -2.10. The molecule has 0 spiro atoms. The van der Waals surface area contributed by atoms with Crippen LogP contribution >= 0.6 is 0 Å². The molecule has 0 unspecified atom stereocenters. The number of benzene rings is 1. The molecule has 0 N–H and O–H groups in total. The standard InChI is InChI=1S/C14H11F2NO/c1-2-9-8-17-7-6-10(9)14(18)11-4-3-5-12(15)13(11)16/h3-8H,2H2,1H3. The molecule has 0 saturated carbocycles. The van der Waals surface area contributed by atoms with Crippen molar-refractivity contribution in [3.63, 3.8) is 0 Å². The zero-order valence-corrected chi connectivity index (χ0v) is 9.78. The van der Waals surface area contributed by atoms with Gasteiger partial charge in [0.1, 0.15) is 0 Å². The molecule has 0 bridgehead atoms. The Kier molecular flexibility index (Phi) is 3.46. The molecule has 0 saturated heterocycles. The Morgan fingerprint density at radius 2 is 2.00 bits per heavy atom. The number of aryl methyl sites for hydroxylation is 1. The van der Waals surface area contributed by atoms with Crippen molar-refractivity contribution in [2.75, 3.05) is 0 Å². The monoisotopic (exact) mass is 247 g/mol. The predicted octanol–water partition coefficient (Wildman–Crippen LogP) is 3.15. The first-order valence-corrected chi connectivity index (χ1v) is 5.56. The van der Waals surface area contributed by atoms with Crippen LogP contribution in [0.2, 0.25) is 0 Å². The number of hydrogen-bond acceptors (Lipinski definition) is 2. The topological polar surface area (TPSA) is 30.0 Å². The maximum atomic E-state index is 13.6. The summed E-state index contributed by atoms with van der Waals surface area (Å²) in [6, 6.07) is 5.10. The SMILES string of the molecule is CCc1cnccc1C(=O)c1cccc(F)c1F. The third kappa shape index (κ3) is 2.14. The molecule has 2 aromatic rings. The van der Waals surface area contributed by atoms with Gasteiger partial charge < -0.3 is 0 Å². The van der Waals surface area contributed by atoms with E-state index in [2.05, 4.69) is 4.98 Å². The molecule has 0 fully saturated rings. The van der Waals surface area contributed by atoms with Crippen LogP contribution in [-0.4, -0.2) is 10.8 Å². The number of pyridine rings is 1. The largest absolute Gasteiger partial charge is 0.288 e. The van der Waals surface area contributed by atoms with Gasteiger partial charge in [-0.2, -0.15) is 0 Å². The van der Waals surface area contributed by atoms with Gasteiger partial charge in [-0.15, -0.1) is 0 Å². The van der Waals surface area contributed by atoms with Gasteiger partial charge in [0.15, 0.2) is 17.4 Å². The number of rotatable bonds is 3. The molecule has 1 heterocycles. The second-order valence-electron chi connectivity index (χ2n) is 3.82. The minimum Gasteiger partial charge on any atom is -0.288 e. The lowest BCUT2D eigenvalue weighted by molar-refractivity contribution is 0.103. The van der Waals surface area contributed by atoms with E-state index in [9.17, 15) is 13.6 Å². The minimum atomic E-state index is -1.11. The van der Waals surface area contributed by atoms with E-state index in [0.717, 1.165) is 6.07 Å². The summed E-state index contributed by atoms with van der Waals surface area (Å²) in [6.45, 7) is 1.87. The molecule has 4 heteroatoms.